The minimum absolute atomic E-state index is 0.0151. The third-order valence-electron chi connectivity index (χ3n) is 3.66. The van der Waals surface area contributed by atoms with Crippen LogP contribution in [0.1, 0.15) is 40.8 Å². The van der Waals surface area contributed by atoms with Crippen LogP contribution in [-0.4, -0.2) is 21.8 Å². The van der Waals surface area contributed by atoms with Crippen molar-refractivity contribution < 1.29 is 18.5 Å². The molecule has 1 fully saturated rings. The second-order valence-corrected chi connectivity index (χ2v) is 5.18. The fraction of sp³-hybridized carbons (Fsp3) is 0.286. The van der Waals surface area contributed by atoms with Gasteiger partial charge in [0.05, 0.1) is 11.3 Å². The Morgan fingerprint density at radius 3 is 2.90 bits per heavy atom. The molecular weight excluding hydrogens is 277 g/mol. The summed E-state index contributed by atoms with van der Waals surface area (Å²) in [5, 5.41) is 3.84. The van der Waals surface area contributed by atoms with Crippen LogP contribution >= 0.6 is 0 Å². The molecule has 1 aromatic heterocycles. The molecule has 7 heteroatoms. The van der Waals surface area contributed by atoms with Crippen LogP contribution in [0.25, 0.3) is 0 Å². The smallest absolute Gasteiger partial charge is 0.300 e. The Balaban J connectivity index is 1.68. The number of carbonyl (C=O) groups excluding carboxylic acids is 2. The van der Waals surface area contributed by atoms with Gasteiger partial charge in [-0.15, -0.1) is 0 Å². The molecule has 1 aliphatic carbocycles. The van der Waals surface area contributed by atoms with Gasteiger partial charge >= 0.3 is 0 Å². The number of Topliss-reactive ketones (excluding diaryl/α,β-unsaturated/α-hetero) is 1. The Morgan fingerprint density at radius 1 is 1.33 bits per heavy atom. The molecule has 2 heterocycles. The third kappa shape index (κ3) is 1.84. The second-order valence-electron chi connectivity index (χ2n) is 5.18. The first-order chi connectivity index (χ1) is 10.1. The number of fused-ring (bicyclic) bond motifs is 1. The highest BCUT2D eigenvalue weighted by Gasteiger charge is 2.39. The van der Waals surface area contributed by atoms with Gasteiger partial charge in [-0.3, -0.25) is 14.5 Å². The molecule has 1 saturated carbocycles. The van der Waals surface area contributed by atoms with E-state index >= 15 is 0 Å². The van der Waals surface area contributed by atoms with Crippen LogP contribution in [0, 0.1) is 5.82 Å². The standard InChI is InChI=1S/C14H10FN3O3/c15-9-3-1-2-8-11(9)18(14(20)12(8)19)6-10-16-13(17-21-10)7-4-5-7/h1-3,7H,4-6H2. The molecule has 1 amide bonds. The summed E-state index contributed by atoms with van der Waals surface area (Å²) in [6.07, 6.45) is 2.05. The minimum Gasteiger partial charge on any atom is -0.337 e. The number of carbonyl (C=O) groups is 2. The SMILES string of the molecule is O=C1C(=O)N(Cc2nc(C3CC3)no2)c2c(F)cccc21. The first kappa shape index (κ1) is 12.2. The van der Waals surface area contributed by atoms with Crippen LogP contribution in [0.5, 0.6) is 0 Å². The summed E-state index contributed by atoms with van der Waals surface area (Å²) >= 11 is 0. The zero-order valence-corrected chi connectivity index (χ0v) is 10.9. The van der Waals surface area contributed by atoms with E-state index in [1.807, 2.05) is 0 Å². The van der Waals surface area contributed by atoms with E-state index in [2.05, 4.69) is 10.1 Å². The zero-order valence-electron chi connectivity index (χ0n) is 10.9. The summed E-state index contributed by atoms with van der Waals surface area (Å²) in [7, 11) is 0. The van der Waals surface area contributed by atoms with Crippen LogP contribution in [0.15, 0.2) is 22.7 Å². The van der Waals surface area contributed by atoms with E-state index in [0.29, 0.717) is 11.7 Å². The molecule has 1 aromatic carbocycles. The van der Waals surface area contributed by atoms with Gasteiger partial charge in [0.2, 0.25) is 5.89 Å². The topological polar surface area (TPSA) is 76.3 Å². The van der Waals surface area contributed by atoms with E-state index in [0.717, 1.165) is 17.7 Å². The van der Waals surface area contributed by atoms with Crippen molar-refractivity contribution in [3.8, 4) is 0 Å². The van der Waals surface area contributed by atoms with Crippen molar-refractivity contribution in [2.24, 2.45) is 0 Å². The Hall–Kier alpha value is -2.57. The number of para-hydroxylation sites is 1. The molecule has 6 nitrogen and oxygen atoms in total. The fourth-order valence-corrected chi connectivity index (χ4v) is 2.44. The molecule has 21 heavy (non-hydrogen) atoms. The maximum atomic E-state index is 13.9. The largest absolute Gasteiger partial charge is 0.337 e. The van der Waals surface area contributed by atoms with E-state index in [4.69, 9.17) is 4.52 Å². The first-order valence-electron chi connectivity index (χ1n) is 6.62. The Labute approximate surface area is 118 Å². The highest BCUT2D eigenvalue weighted by molar-refractivity contribution is 6.52. The van der Waals surface area contributed by atoms with Gasteiger partial charge in [0.1, 0.15) is 12.4 Å². The summed E-state index contributed by atoms with van der Waals surface area (Å²) in [6.45, 7) is -0.0990. The molecular formula is C14H10FN3O3. The van der Waals surface area contributed by atoms with Gasteiger partial charge in [-0.25, -0.2) is 4.39 Å². The van der Waals surface area contributed by atoms with Gasteiger partial charge < -0.3 is 4.52 Å². The number of amides is 1. The quantitative estimate of drug-likeness (QED) is 0.805. The van der Waals surface area contributed by atoms with Crippen molar-refractivity contribution in [3.05, 3.63) is 41.3 Å². The predicted molar refractivity (Wildman–Crippen MR) is 68.2 cm³/mol. The Morgan fingerprint density at radius 2 is 2.14 bits per heavy atom. The molecule has 0 spiro atoms. The van der Waals surface area contributed by atoms with Gasteiger partial charge in [-0.05, 0) is 25.0 Å². The first-order valence-corrected chi connectivity index (χ1v) is 6.62. The third-order valence-corrected chi connectivity index (χ3v) is 3.66. The fourth-order valence-electron chi connectivity index (χ4n) is 2.44. The van der Waals surface area contributed by atoms with Crippen molar-refractivity contribution in [2.45, 2.75) is 25.3 Å². The molecule has 0 N–H and O–H groups in total. The molecule has 2 aliphatic rings. The number of aromatic nitrogens is 2. The monoisotopic (exact) mass is 287 g/mol. The van der Waals surface area contributed by atoms with Gasteiger partial charge in [0.15, 0.2) is 5.82 Å². The number of ketones is 1. The predicted octanol–water partition coefficient (Wildman–Crippen LogP) is 1.82. The van der Waals surface area contributed by atoms with Crippen LogP contribution in [0.2, 0.25) is 0 Å². The number of anilines is 1. The summed E-state index contributed by atoms with van der Waals surface area (Å²) in [6, 6.07) is 4.05. The number of hydrogen-bond donors (Lipinski definition) is 0. The van der Waals surface area contributed by atoms with Crippen molar-refractivity contribution >= 4 is 17.4 Å². The number of hydrogen-bond acceptors (Lipinski definition) is 5. The number of halogens is 1. The van der Waals surface area contributed by atoms with Crippen LogP contribution < -0.4 is 4.90 Å². The van der Waals surface area contributed by atoms with E-state index < -0.39 is 17.5 Å². The molecule has 0 unspecified atom stereocenters. The number of rotatable bonds is 3. The van der Waals surface area contributed by atoms with Crippen molar-refractivity contribution in [1.29, 1.82) is 0 Å². The molecule has 4 rings (SSSR count). The van der Waals surface area contributed by atoms with E-state index in [9.17, 15) is 14.0 Å². The highest BCUT2D eigenvalue weighted by Crippen LogP contribution is 2.38. The normalized spacial score (nSPS) is 17.5. The number of nitrogens with zero attached hydrogens (tertiary/aromatic N) is 3. The maximum Gasteiger partial charge on any atom is 0.300 e. The summed E-state index contributed by atoms with van der Waals surface area (Å²) in [5.74, 6) is -0.977. The molecule has 0 atom stereocenters. The molecule has 2 aromatic rings. The summed E-state index contributed by atoms with van der Waals surface area (Å²) < 4.78 is 19.0. The van der Waals surface area contributed by atoms with E-state index in [-0.39, 0.29) is 23.7 Å². The van der Waals surface area contributed by atoms with Crippen LogP contribution in [0.3, 0.4) is 0 Å². The van der Waals surface area contributed by atoms with Gasteiger partial charge in [-0.1, -0.05) is 11.2 Å². The lowest BCUT2D eigenvalue weighted by atomic mass is 10.1. The average molecular weight is 287 g/mol. The Bertz CT molecular complexity index is 767. The lowest BCUT2D eigenvalue weighted by Gasteiger charge is -2.14. The lowest BCUT2D eigenvalue weighted by molar-refractivity contribution is -0.114. The van der Waals surface area contributed by atoms with Crippen LogP contribution in [0.4, 0.5) is 10.1 Å². The maximum absolute atomic E-state index is 13.9. The molecule has 1 aliphatic heterocycles. The lowest BCUT2D eigenvalue weighted by Crippen LogP contribution is -2.29. The van der Waals surface area contributed by atoms with Gasteiger partial charge in [0, 0.05) is 5.92 Å². The molecule has 0 saturated heterocycles. The van der Waals surface area contributed by atoms with Gasteiger partial charge in [-0.2, -0.15) is 4.98 Å². The van der Waals surface area contributed by atoms with Crippen LogP contribution in [-0.2, 0) is 11.3 Å². The Kier molecular flexibility index (Phi) is 2.44. The van der Waals surface area contributed by atoms with E-state index in [1.165, 1.54) is 18.2 Å². The number of benzene rings is 1. The molecule has 0 bridgehead atoms. The second kappa shape index (κ2) is 4.21. The summed E-state index contributed by atoms with van der Waals surface area (Å²) in [5.41, 5.74) is 0.0561. The van der Waals surface area contributed by atoms with Crippen molar-refractivity contribution in [1.82, 2.24) is 10.1 Å². The van der Waals surface area contributed by atoms with Crippen molar-refractivity contribution in [3.63, 3.8) is 0 Å². The van der Waals surface area contributed by atoms with E-state index in [1.54, 1.807) is 0 Å². The van der Waals surface area contributed by atoms with Crippen molar-refractivity contribution in [2.75, 3.05) is 4.90 Å². The zero-order chi connectivity index (χ0) is 14.6. The summed E-state index contributed by atoms with van der Waals surface area (Å²) in [4.78, 5) is 29.1. The van der Waals surface area contributed by atoms with Gasteiger partial charge in [0.25, 0.3) is 11.7 Å². The minimum atomic E-state index is -0.777. The highest BCUT2D eigenvalue weighted by atomic mass is 19.1. The average Bonchev–Trinajstić information content (AvgIpc) is 3.18. The molecule has 0 radical (unpaired) electrons. The molecule has 106 valence electrons.